The van der Waals surface area contributed by atoms with E-state index in [1.54, 1.807) is 6.20 Å². The largest absolute Gasteiger partial charge is 0.351 e. The summed E-state index contributed by atoms with van der Waals surface area (Å²) in [6.07, 6.45) is 2.20. The number of amides is 1. The van der Waals surface area contributed by atoms with Crippen LogP contribution in [-0.2, 0) is 23.2 Å². The van der Waals surface area contributed by atoms with Crippen LogP contribution in [0.2, 0.25) is 0 Å². The van der Waals surface area contributed by atoms with Crippen LogP contribution in [0.25, 0.3) is 0 Å². The molecule has 5 nitrogen and oxygen atoms in total. The number of nitrogens with two attached hydrogens (primary N) is 1. The summed E-state index contributed by atoms with van der Waals surface area (Å²) >= 11 is 0. The standard InChI is InChI=1S/C17H24N4O/c1-17(2,3)16-20-11-13(21-16)9-14(18)15(22)19-10-12-7-5-4-6-8-12/h4-8,11,14H,9-10,18H2,1-3H3,(H,19,22)(H,20,21)/t14-/m0/s1. The summed E-state index contributed by atoms with van der Waals surface area (Å²) in [6.45, 7) is 6.75. The molecule has 1 amide bonds. The van der Waals surface area contributed by atoms with E-state index in [2.05, 4.69) is 36.1 Å². The van der Waals surface area contributed by atoms with Gasteiger partial charge in [0.2, 0.25) is 5.91 Å². The number of nitrogens with one attached hydrogen (secondary N) is 2. The summed E-state index contributed by atoms with van der Waals surface area (Å²) in [4.78, 5) is 19.6. The van der Waals surface area contributed by atoms with Gasteiger partial charge < -0.3 is 16.0 Å². The van der Waals surface area contributed by atoms with Gasteiger partial charge in [-0.3, -0.25) is 4.79 Å². The molecule has 0 spiro atoms. The number of carbonyl (C=O) groups excluding carboxylic acids is 1. The molecule has 0 aliphatic carbocycles. The topological polar surface area (TPSA) is 83.8 Å². The molecule has 0 saturated carbocycles. The molecule has 0 fully saturated rings. The van der Waals surface area contributed by atoms with Crippen LogP contribution in [-0.4, -0.2) is 21.9 Å². The number of H-pyrrole nitrogens is 1. The molecule has 0 aliphatic heterocycles. The minimum atomic E-state index is -0.586. The molecule has 4 N–H and O–H groups in total. The molecule has 118 valence electrons. The lowest BCUT2D eigenvalue weighted by molar-refractivity contribution is -0.122. The molecule has 0 saturated heterocycles. The number of rotatable bonds is 5. The van der Waals surface area contributed by atoms with Gasteiger partial charge in [0.1, 0.15) is 5.82 Å². The van der Waals surface area contributed by atoms with Gasteiger partial charge in [-0.2, -0.15) is 0 Å². The maximum Gasteiger partial charge on any atom is 0.237 e. The maximum absolute atomic E-state index is 12.1. The molecule has 0 unspecified atom stereocenters. The number of aromatic amines is 1. The zero-order valence-electron chi connectivity index (χ0n) is 13.4. The molecular weight excluding hydrogens is 276 g/mol. The van der Waals surface area contributed by atoms with Crippen LogP contribution in [0.15, 0.2) is 36.5 Å². The molecule has 1 aromatic heterocycles. The zero-order valence-corrected chi connectivity index (χ0v) is 13.4. The summed E-state index contributed by atoms with van der Waals surface area (Å²) in [6, 6.07) is 9.19. The third kappa shape index (κ3) is 4.43. The normalized spacial score (nSPS) is 12.9. The van der Waals surface area contributed by atoms with Gasteiger partial charge in [-0.15, -0.1) is 0 Å². The first-order valence-corrected chi connectivity index (χ1v) is 7.48. The van der Waals surface area contributed by atoms with Gasteiger partial charge in [0, 0.05) is 30.3 Å². The van der Waals surface area contributed by atoms with E-state index >= 15 is 0 Å². The number of nitrogens with zero attached hydrogens (tertiary/aromatic N) is 1. The molecule has 2 aromatic rings. The molecule has 0 bridgehead atoms. The molecule has 1 aromatic carbocycles. The van der Waals surface area contributed by atoms with Crippen molar-refractivity contribution in [1.29, 1.82) is 0 Å². The zero-order chi connectivity index (χ0) is 16.2. The molecule has 2 rings (SSSR count). The number of hydrogen-bond acceptors (Lipinski definition) is 3. The number of carbonyl (C=O) groups is 1. The molecule has 1 heterocycles. The van der Waals surface area contributed by atoms with E-state index in [0.717, 1.165) is 17.1 Å². The van der Waals surface area contributed by atoms with Crippen molar-refractivity contribution in [3.05, 3.63) is 53.6 Å². The number of aromatic nitrogens is 2. The predicted molar refractivity (Wildman–Crippen MR) is 87.3 cm³/mol. The Morgan fingerprint density at radius 2 is 2.00 bits per heavy atom. The average molecular weight is 300 g/mol. The van der Waals surface area contributed by atoms with Crippen LogP contribution in [0.1, 0.15) is 37.9 Å². The van der Waals surface area contributed by atoms with E-state index in [4.69, 9.17) is 5.73 Å². The Labute approximate surface area is 131 Å². The maximum atomic E-state index is 12.1. The van der Waals surface area contributed by atoms with E-state index < -0.39 is 6.04 Å². The van der Waals surface area contributed by atoms with Crippen LogP contribution >= 0.6 is 0 Å². The fraction of sp³-hybridized carbons (Fsp3) is 0.412. The number of hydrogen-bond donors (Lipinski definition) is 3. The summed E-state index contributed by atoms with van der Waals surface area (Å²) in [5.74, 6) is 0.746. The fourth-order valence-corrected chi connectivity index (χ4v) is 2.09. The summed E-state index contributed by atoms with van der Waals surface area (Å²) in [5.41, 5.74) is 7.87. The lowest BCUT2D eigenvalue weighted by Crippen LogP contribution is -2.41. The van der Waals surface area contributed by atoms with Crippen LogP contribution in [0.3, 0.4) is 0 Å². The lowest BCUT2D eigenvalue weighted by Gasteiger charge is -2.14. The Balaban J connectivity index is 1.87. The third-order valence-corrected chi connectivity index (χ3v) is 3.43. The number of imidazole rings is 1. The molecule has 22 heavy (non-hydrogen) atoms. The van der Waals surface area contributed by atoms with Gasteiger partial charge in [-0.25, -0.2) is 4.98 Å². The average Bonchev–Trinajstić information content (AvgIpc) is 2.94. The van der Waals surface area contributed by atoms with Gasteiger partial charge in [0.25, 0.3) is 0 Å². The summed E-state index contributed by atoms with van der Waals surface area (Å²) in [5, 5.41) is 2.86. The van der Waals surface area contributed by atoms with Crippen molar-refractivity contribution >= 4 is 5.91 Å². The Kier molecular flexibility index (Phi) is 4.98. The predicted octanol–water partition coefficient (Wildman–Crippen LogP) is 1.89. The van der Waals surface area contributed by atoms with Crippen molar-refractivity contribution in [1.82, 2.24) is 15.3 Å². The van der Waals surface area contributed by atoms with Crippen molar-refractivity contribution in [2.75, 3.05) is 0 Å². The van der Waals surface area contributed by atoms with Gasteiger partial charge >= 0.3 is 0 Å². The monoisotopic (exact) mass is 300 g/mol. The van der Waals surface area contributed by atoms with E-state index in [1.807, 2.05) is 30.3 Å². The van der Waals surface area contributed by atoms with E-state index in [1.165, 1.54) is 0 Å². The first kappa shape index (κ1) is 16.2. The Morgan fingerprint density at radius 1 is 1.32 bits per heavy atom. The van der Waals surface area contributed by atoms with Crippen LogP contribution < -0.4 is 11.1 Å². The van der Waals surface area contributed by atoms with Crippen molar-refractivity contribution in [3.63, 3.8) is 0 Å². The second-order valence-corrected chi connectivity index (χ2v) is 6.52. The van der Waals surface area contributed by atoms with Crippen LogP contribution in [0.5, 0.6) is 0 Å². The first-order valence-electron chi connectivity index (χ1n) is 7.48. The number of benzene rings is 1. The highest BCUT2D eigenvalue weighted by atomic mass is 16.2. The van der Waals surface area contributed by atoms with Gasteiger partial charge in [0.05, 0.1) is 6.04 Å². The molecule has 0 aliphatic rings. The van der Waals surface area contributed by atoms with Crippen molar-refractivity contribution < 1.29 is 4.79 Å². The Morgan fingerprint density at radius 3 is 2.59 bits per heavy atom. The highest BCUT2D eigenvalue weighted by Crippen LogP contribution is 2.18. The van der Waals surface area contributed by atoms with Crippen molar-refractivity contribution in [3.8, 4) is 0 Å². The summed E-state index contributed by atoms with van der Waals surface area (Å²) < 4.78 is 0. The van der Waals surface area contributed by atoms with Gasteiger partial charge in [0.15, 0.2) is 0 Å². The molecular formula is C17H24N4O. The van der Waals surface area contributed by atoms with Gasteiger partial charge in [-0.05, 0) is 5.56 Å². The minimum Gasteiger partial charge on any atom is -0.351 e. The first-order chi connectivity index (χ1) is 10.4. The fourth-order valence-electron chi connectivity index (χ4n) is 2.09. The third-order valence-electron chi connectivity index (χ3n) is 3.43. The second-order valence-electron chi connectivity index (χ2n) is 6.52. The Bertz CT molecular complexity index is 613. The molecule has 0 radical (unpaired) electrons. The summed E-state index contributed by atoms with van der Waals surface area (Å²) in [7, 11) is 0. The van der Waals surface area contributed by atoms with Crippen LogP contribution in [0, 0.1) is 0 Å². The molecule has 1 atom stereocenters. The Hall–Kier alpha value is -2.14. The van der Waals surface area contributed by atoms with E-state index in [9.17, 15) is 4.79 Å². The lowest BCUT2D eigenvalue weighted by atomic mass is 9.96. The quantitative estimate of drug-likeness (QED) is 0.788. The molecule has 5 heteroatoms. The SMILES string of the molecule is CC(C)(C)c1ncc(C[C@H](N)C(=O)NCc2ccccc2)[nH]1. The highest BCUT2D eigenvalue weighted by Gasteiger charge is 2.19. The smallest absolute Gasteiger partial charge is 0.237 e. The van der Waals surface area contributed by atoms with E-state index in [-0.39, 0.29) is 11.3 Å². The van der Waals surface area contributed by atoms with Crippen molar-refractivity contribution in [2.24, 2.45) is 5.73 Å². The van der Waals surface area contributed by atoms with Crippen molar-refractivity contribution in [2.45, 2.75) is 45.2 Å². The highest BCUT2D eigenvalue weighted by molar-refractivity contribution is 5.81. The second kappa shape index (κ2) is 6.75. The van der Waals surface area contributed by atoms with Crippen LogP contribution in [0.4, 0.5) is 0 Å². The minimum absolute atomic E-state index is 0.0437. The van der Waals surface area contributed by atoms with E-state index in [0.29, 0.717) is 13.0 Å². The van der Waals surface area contributed by atoms with Gasteiger partial charge in [-0.1, -0.05) is 51.1 Å².